The van der Waals surface area contributed by atoms with E-state index in [1.54, 1.807) is 18.2 Å². The Morgan fingerprint density at radius 3 is 2.26 bits per heavy atom. The maximum absolute atomic E-state index is 11.0. The van der Waals surface area contributed by atoms with Crippen molar-refractivity contribution in [1.29, 1.82) is 0 Å². The Morgan fingerprint density at radius 2 is 1.70 bits per heavy atom. The van der Waals surface area contributed by atoms with E-state index in [1.165, 1.54) is 34.3 Å². The van der Waals surface area contributed by atoms with E-state index in [9.17, 15) is 10.1 Å². The van der Waals surface area contributed by atoms with Gasteiger partial charge < -0.3 is 18.7 Å². The Labute approximate surface area is 132 Å². The van der Waals surface area contributed by atoms with Gasteiger partial charge in [0.15, 0.2) is 17.2 Å². The zero-order valence-electron chi connectivity index (χ0n) is 13.2. The second-order valence-electron chi connectivity index (χ2n) is 4.51. The topological polar surface area (TPSA) is 96.9 Å². The monoisotopic (exact) mass is 320 g/mol. The van der Waals surface area contributed by atoms with E-state index < -0.39 is 4.92 Å². The number of benzene rings is 1. The number of nitro groups is 1. The van der Waals surface area contributed by atoms with Crippen LogP contribution >= 0.6 is 0 Å². The fourth-order valence-corrected chi connectivity index (χ4v) is 2.07. The SMILES string of the molecule is COc1cc(OC)c(OC)cc1C=Cc1noc(C)c1[N+](=O)[O-]. The van der Waals surface area contributed by atoms with Crippen LogP contribution in [0.2, 0.25) is 0 Å². The van der Waals surface area contributed by atoms with Gasteiger partial charge in [-0.05, 0) is 18.2 Å². The van der Waals surface area contributed by atoms with Gasteiger partial charge in [-0.2, -0.15) is 0 Å². The highest BCUT2D eigenvalue weighted by atomic mass is 16.6. The Balaban J connectivity index is 2.45. The summed E-state index contributed by atoms with van der Waals surface area (Å²) in [4.78, 5) is 10.5. The van der Waals surface area contributed by atoms with Crippen LogP contribution < -0.4 is 14.2 Å². The van der Waals surface area contributed by atoms with Gasteiger partial charge in [0.25, 0.3) is 0 Å². The lowest BCUT2D eigenvalue weighted by Gasteiger charge is -2.11. The third kappa shape index (κ3) is 3.25. The standard InChI is InChI=1S/C15H16N2O6/c1-9-15(17(18)19)11(16-23-9)6-5-10-7-13(21-3)14(22-4)8-12(10)20-2/h5-8H,1-4H3. The second-order valence-corrected chi connectivity index (χ2v) is 4.51. The van der Waals surface area contributed by atoms with Crippen molar-refractivity contribution in [2.24, 2.45) is 0 Å². The van der Waals surface area contributed by atoms with Gasteiger partial charge in [-0.25, -0.2) is 0 Å². The van der Waals surface area contributed by atoms with Crippen LogP contribution in [-0.2, 0) is 0 Å². The first-order valence-corrected chi connectivity index (χ1v) is 6.60. The maximum Gasteiger partial charge on any atom is 0.338 e. The lowest BCUT2D eigenvalue weighted by atomic mass is 10.1. The van der Waals surface area contributed by atoms with Crippen LogP contribution in [0.1, 0.15) is 17.0 Å². The summed E-state index contributed by atoms with van der Waals surface area (Å²) in [6, 6.07) is 3.37. The smallest absolute Gasteiger partial charge is 0.338 e. The molecule has 2 aromatic rings. The van der Waals surface area contributed by atoms with Gasteiger partial charge in [0.2, 0.25) is 5.76 Å². The number of ether oxygens (including phenoxy) is 3. The van der Waals surface area contributed by atoms with Crippen molar-refractivity contribution in [3.63, 3.8) is 0 Å². The summed E-state index contributed by atoms with van der Waals surface area (Å²) in [5.74, 6) is 1.71. The van der Waals surface area contributed by atoms with Gasteiger partial charge in [-0.3, -0.25) is 10.1 Å². The average Bonchev–Trinajstić information content (AvgIpc) is 2.92. The van der Waals surface area contributed by atoms with Crippen molar-refractivity contribution in [3.05, 3.63) is 39.3 Å². The highest BCUT2D eigenvalue weighted by molar-refractivity contribution is 5.76. The van der Waals surface area contributed by atoms with Gasteiger partial charge >= 0.3 is 5.69 Å². The summed E-state index contributed by atoms with van der Waals surface area (Å²) in [5.41, 5.74) is 0.616. The Morgan fingerprint density at radius 1 is 1.09 bits per heavy atom. The minimum absolute atomic E-state index is 0.129. The first-order chi connectivity index (χ1) is 11.0. The molecule has 0 aliphatic heterocycles. The molecule has 0 saturated carbocycles. The molecule has 0 bridgehead atoms. The molecule has 2 rings (SSSR count). The van der Waals surface area contributed by atoms with Crippen LogP contribution in [0.15, 0.2) is 16.7 Å². The molecule has 1 aromatic carbocycles. The predicted molar refractivity (Wildman–Crippen MR) is 82.9 cm³/mol. The fourth-order valence-electron chi connectivity index (χ4n) is 2.07. The van der Waals surface area contributed by atoms with E-state index >= 15 is 0 Å². The van der Waals surface area contributed by atoms with Crippen molar-refractivity contribution in [2.75, 3.05) is 21.3 Å². The zero-order valence-corrected chi connectivity index (χ0v) is 13.2. The van der Waals surface area contributed by atoms with Gasteiger partial charge in [0.05, 0.1) is 26.3 Å². The molecule has 1 aromatic heterocycles. The Hall–Kier alpha value is -3.03. The number of aryl methyl sites for hydroxylation is 1. The largest absolute Gasteiger partial charge is 0.496 e. The minimum atomic E-state index is -0.530. The van der Waals surface area contributed by atoms with E-state index in [2.05, 4.69) is 5.16 Å². The van der Waals surface area contributed by atoms with Crippen LogP contribution in [0.3, 0.4) is 0 Å². The number of nitrogens with zero attached hydrogens (tertiary/aromatic N) is 2. The van der Waals surface area contributed by atoms with Crippen molar-refractivity contribution in [3.8, 4) is 17.2 Å². The molecule has 8 nitrogen and oxygen atoms in total. The fraction of sp³-hybridized carbons (Fsp3) is 0.267. The van der Waals surface area contributed by atoms with E-state index in [4.69, 9.17) is 18.7 Å². The lowest BCUT2D eigenvalue weighted by Crippen LogP contribution is -1.94. The van der Waals surface area contributed by atoms with Crippen molar-refractivity contribution in [2.45, 2.75) is 6.92 Å². The number of methoxy groups -OCH3 is 3. The summed E-state index contributed by atoms with van der Waals surface area (Å²) in [6.07, 6.45) is 3.11. The van der Waals surface area contributed by atoms with Crippen LogP contribution in [0.4, 0.5) is 5.69 Å². The van der Waals surface area contributed by atoms with Crippen LogP contribution in [-0.4, -0.2) is 31.4 Å². The molecule has 0 spiro atoms. The molecule has 0 atom stereocenters. The first-order valence-electron chi connectivity index (χ1n) is 6.60. The third-order valence-electron chi connectivity index (χ3n) is 3.20. The highest BCUT2D eigenvalue weighted by Crippen LogP contribution is 2.36. The number of aromatic nitrogens is 1. The van der Waals surface area contributed by atoms with Gasteiger partial charge in [-0.15, -0.1) is 0 Å². The molecule has 1 heterocycles. The molecule has 0 N–H and O–H groups in total. The average molecular weight is 320 g/mol. The summed E-state index contributed by atoms with van der Waals surface area (Å²) >= 11 is 0. The van der Waals surface area contributed by atoms with Crippen molar-refractivity contribution < 1.29 is 23.7 Å². The summed E-state index contributed by atoms with van der Waals surface area (Å²) < 4.78 is 20.6. The maximum atomic E-state index is 11.0. The minimum Gasteiger partial charge on any atom is -0.496 e. The van der Waals surface area contributed by atoms with E-state index in [0.717, 1.165) is 0 Å². The Kier molecular flexibility index (Phi) is 4.85. The van der Waals surface area contributed by atoms with Gasteiger partial charge in [-0.1, -0.05) is 5.16 Å². The summed E-state index contributed by atoms with van der Waals surface area (Å²) in [6.45, 7) is 1.49. The van der Waals surface area contributed by atoms with Crippen molar-refractivity contribution in [1.82, 2.24) is 5.16 Å². The van der Waals surface area contributed by atoms with Gasteiger partial charge in [0.1, 0.15) is 5.75 Å². The molecule has 0 aliphatic rings. The zero-order chi connectivity index (χ0) is 17.0. The van der Waals surface area contributed by atoms with E-state index in [1.807, 2.05) is 0 Å². The van der Waals surface area contributed by atoms with Crippen LogP contribution in [0, 0.1) is 17.0 Å². The molecule has 122 valence electrons. The molecule has 8 heteroatoms. The summed E-state index contributed by atoms with van der Waals surface area (Å²) in [7, 11) is 4.55. The molecule has 23 heavy (non-hydrogen) atoms. The molecule has 0 amide bonds. The molecule has 0 aliphatic carbocycles. The summed E-state index contributed by atoms with van der Waals surface area (Å²) in [5, 5.41) is 14.7. The lowest BCUT2D eigenvalue weighted by molar-refractivity contribution is -0.386. The second kappa shape index (κ2) is 6.82. The number of rotatable bonds is 6. The molecular formula is C15H16N2O6. The quantitative estimate of drug-likeness (QED) is 0.596. The Bertz CT molecular complexity index is 751. The number of hydrogen-bond donors (Lipinski definition) is 0. The van der Waals surface area contributed by atoms with E-state index in [-0.39, 0.29) is 17.1 Å². The number of hydrogen-bond acceptors (Lipinski definition) is 7. The molecule has 0 fully saturated rings. The predicted octanol–water partition coefficient (Wildman–Crippen LogP) is 3.09. The third-order valence-corrected chi connectivity index (χ3v) is 3.20. The molecule has 0 unspecified atom stereocenters. The molecular weight excluding hydrogens is 304 g/mol. The van der Waals surface area contributed by atoms with Gasteiger partial charge in [0, 0.05) is 18.6 Å². The highest BCUT2D eigenvalue weighted by Gasteiger charge is 2.22. The molecule has 0 radical (unpaired) electrons. The van der Waals surface area contributed by atoms with Crippen LogP contribution in [0.5, 0.6) is 17.2 Å². The normalized spacial score (nSPS) is 10.8. The van der Waals surface area contributed by atoms with Crippen LogP contribution in [0.25, 0.3) is 12.2 Å². The molecule has 0 saturated heterocycles. The van der Waals surface area contributed by atoms with Crippen molar-refractivity contribution >= 4 is 17.8 Å². The van der Waals surface area contributed by atoms with E-state index in [0.29, 0.717) is 22.8 Å². The first kappa shape index (κ1) is 16.3.